The van der Waals surface area contributed by atoms with Crippen LogP contribution >= 0.6 is 27.7 Å². The summed E-state index contributed by atoms with van der Waals surface area (Å²) in [6.45, 7) is 1.58. The lowest BCUT2D eigenvalue weighted by Gasteiger charge is -2.26. The number of carbonyl (C=O) groups excluding carboxylic acids is 1. The maximum Gasteiger partial charge on any atom is 0.259 e. The van der Waals surface area contributed by atoms with Crippen molar-refractivity contribution < 1.29 is 4.79 Å². The Balaban J connectivity index is 1.79. The number of hydrogen-bond acceptors (Lipinski definition) is 3. The second-order valence-corrected chi connectivity index (χ2v) is 7.91. The van der Waals surface area contributed by atoms with E-state index in [1.54, 1.807) is 6.20 Å². The first-order valence-corrected chi connectivity index (χ1v) is 10.0. The van der Waals surface area contributed by atoms with Gasteiger partial charge in [0.05, 0.1) is 11.9 Å². The van der Waals surface area contributed by atoms with Crippen LogP contribution in [0.1, 0.15) is 10.4 Å². The van der Waals surface area contributed by atoms with Gasteiger partial charge < -0.3 is 9.47 Å². The molecular weight excluding hydrogens is 400 g/mol. The van der Waals surface area contributed by atoms with Gasteiger partial charge in [-0.05, 0) is 36.4 Å². The molecule has 0 N–H and O–H groups in total. The van der Waals surface area contributed by atoms with Crippen LogP contribution in [0.15, 0.2) is 59.5 Å². The van der Waals surface area contributed by atoms with Crippen molar-refractivity contribution in [2.24, 2.45) is 0 Å². The van der Waals surface area contributed by atoms with Crippen LogP contribution < -0.4 is 0 Å². The third kappa shape index (κ3) is 3.26. The lowest BCUT2D eigenvalue weighted by atomic mass is 10.2. The molecule has 0 saturated carbocycles. The van der Waals surface area contributed by atoms with Gasteiger partial charge in [0.1, 0.15) is 5.56 Å². The molecule has 25 heavy (non-hydrogen) atoms. The summed E-state index contributed by atoms with van der Waals surface area (Å²) in [4.78, 5) is 15.0. The molecule has 3 aromatic rings. The highest BCUT2D eigenvalue weighted by atomic mass is 79.9. The molecule has 0 radical (unpaired) electrons. The average Bonchev–Trinajstić information content (AvgIpc) is 3.32. The molecule has 4 rings (SSSR count). The molecular formula is C18H17BrN4OS. The molecule has 2 aromatic heterocycles. The lowest BCUT2D eigenvalue weighted by molar-refractivity contribution is 0.0772. The van der Waals surface area contributed by atoms with E-state index in [1.165, 1.54) is 0 Å². The second kappa shape index (κ2) is 7.09. The normalized spacial score (nSPS) is 14.7. The van der Waals surface area contributed by atoms with Crippen molar-refractivity contribution in [1.82, 2.24) is 19.2 Å². The van der Waals surface area contributed by atoms with Gasteiger partial charge in [-0.25, -0.2) is 4.68 Å². The van der Waals surface area contributed by atoms with E-state index in [4.69, 9.17) is 0 Å². The highest BCUT2D eigenvalue weighted by molar-refractivity contribution is 9.10. The predicted octanol–water partition coefficient (Wildman–Crippen LogP) is 3.61. The Morgan fingerprint density at radius 3 is 2.44 bits per heavy atom. The quantitative estimate of drug-likeness (QED) is 0.654. The Bertz CT molecular complexity index is 867. The van der Waals surface area contributed by atoms with E-state index in [9.17, 15) is 4.79 Å². The van der Waals surface area contributed by atoms with Crippen LogP contribution in [0.25, 0.3) is 11.5 Å². The molecule has 7 heteroatoms. The summed E-state index contributed by atoms with van der Waals surface area (Å²) in [5.41, 5.74) is 1.55. The first kappa shape index (κ1) is 16.5. The summed E-state index contributed by atoms with van der Waals surface area (Å²) in [5, 5.41) is 4.52. The molecule has 1 fully saturated rings. The molecule has 1 aliphatic rings. The average molecular weight is 417 g/mol. The van der Waals surface area contributed by atoms with Crippen LogP contribution in [0.4, 0.5) is 0 Å². The van der Waals surface area contributed by atoms with E-state index in [0.717, 1.165) is 40.6 Å². The minimum atomic E-state index is 0.0485. The summed E-state index contributed by atoms with van der Waals surface area (Å²) in [6, 6.07) is 11.8. The van der Waals surface area contributed by atoms with Gasteiger partial charge in [-0.3, -0.25) is 4.79 Å². The summed E-state index contributed by atoms with van der Waals surface area (Å²) in [7, 11) is 0. The van der Waals surface area contributed by atoms with Crippen molar-refractivity contribution in [2.45, 2.75) is 0 Å². The van der Waals surface area contributed by atoms with Crippen molar-refractivity contribution in [3.63, 3.8) is 0 Å². The van der Waals surface area contributed by atoms with Crippen molar-refractivity contribution in [3.05, 3.63) is 65.0 Å². The van der Waals surface area contributed by atoms with Gasteiger partial charge in [0.25, 0.3) is 5.91 Å². The minimum Gasteiger partial charge on any atom is -0.337 e. The number of rotatable bonds is 3. The second-order valence-electron chi connectivity index (χ2n) is 5.76. The maximum atomic E-state index is 13.1. The van der Waals surface area contributed by atoms with Crippen molar-refractivity contribution in [3.8, 4) is 11.5 Å². The Morgan fingerprint density at radius 1 is 1.08 bits per heavy atom. The van der Waals surface area contributed by atoms with E-state index in [2.05, 4.69) is 21.0 Å². The zero-order chi connectivity index (χ0) is 17.2. The number of carbonyl (C=O) groups is 1. The van der Waals surface area contributed by atoms with Gasteiger partial charge in [0.15, 0.2) is 5.82 Å². The largest absolute Gasteiger partial charge is 0.337 e. The molecule has 0 aliphatic carbocycles. The highest BCUT2D eigenvalue weighted by Crippen LogP contribution is 2.23. The number of halogens is 1. The number of nitrogens with zero attached hydrogens (tertiary/aromatic N) is 4. The Kier molecular flexibility index (Phi) is 4.67. The molecule has 5 nitrogen and oxygen atoms in total. The molecule has 1 aliphatic heterocycles. The Morgan fingerprint density at radius 2 is 1.76 bits per heavy atom. The topological polar surface area (TPSA) is 43.1 Å². The Hall–Kier alpha value is -1.99. The Labute approximate surface area is 158 Å². The van der Waals surface area contributed by atoms with Gasteiger partial charge in [-0.15, -0.1) is 0 Å². The molecule has 1 amide bonds. The van der Waals surface area contributed by atoms with E-state index < -0.39 is 0 Å². The molecule has 128 valence electrons. The maximum absolute atomic E-state index is 13.1. The lowest BCUT2D eigenvalue weighted by Crippen LogP contribution is -2.38. The SMILES string of the molecule is O=C(c1cnn(-c2ccc(Br)cc2)c1-n1cccc1)N1CCSCC1. The van der Waals surface area contributed by atoms with Crippen LogP contribution in [0.2, 0.25) is 0 Å². The number of aromatic nitrogens is 3. The number of benzene rings is 1. The molecule has 1 aromatic carbocycles. The van der Waals surface area contributed by atoms with E-state index in [-0.39, 0.29) is 5.91 Å². The van der Waals surface area contributed by atoms with Crippen molar-refractivity contribution in [1.29, 1.82) is 0 Å². The molecule has 0 bridgehead atoms. The van der Waals surface area contributed by atoms with Crippen LogP contribution in [0.5, 0.6) is 0 Å². The smallest absolute Gasteiger partial charge is 0.259 e. The fourth-order valence-corrected chi connectivity index (χ4v) is 4.09. The summed E-state index contributed by atoms with van der Waals surface area (Å²) < 4.78 is 4.77. The van der Waals surface area contributed by atoms with Crippen LogP contribution in [0.3, 0.4) is 0 Å². The third-order valence-corrected chi connectivity index (χ3v) is 5.66. The summed E-state index contributed by atoms with van der Waals surface area (Å²) in [5.74, 6) is 2.81. The van der Waals surface area contributed by atoms with Gasteiger partial charge >= 0.3 is 0 Å². The molecule has 0 atom stereocenters. The zero-order valence-electron chi connectivity index (χ0n) is 13.5. The fraction of sp³-hybridized carbons (Fsp3) is 0.222. The molecule has 0 unspecified atom stereocenters. The minimum absolute atomic E-state index is 0.0485. The summed E-state index contributed by atoms with van der Waals surface area (Å²) in [6.07, 6.45) is 5.56. The number of thioether (sulfide) groups is 1. The van der Waals surface area contributed by atoms with Crippen LogP contribution in [-0.2, 0) is 0 Å². The van der Waals surface area contributed by atoms with Crippen LogP contribution in [0, 0.1) is 0 Å². The van der Waals surface area contributed by atoms with Crippen molar-refractivity contribution in [2.75, 3.05) is 24.6 Å². The van der Waals surface area contributed by atoms with Gasteiger partial charge in [0.2, 0.25) is 0 Å². The standard InChI is InChI=1S/C18H17BrN4OS/c19-14-3-5-15(6-4-14)23-17(21-7-1-2-8-21)16(13-20-23)18(24)22-9-11-25-12-10-22/h1-8,13H,9-12H2. The predicted molar refractivity (Wildman–Crippen MR) is 104 cm³/mol. The highest BCUT2D eigenvalue weighted by Gasteiger charge is 2.25. The number of hydrogen-bond donors (Lipinski definition) is 0. The van der Waals surface area contributed by atoms with E-state index in [1.807, 2.05) is 74.7 Å². The van der Waals surface area contributed by atoms with E-state index >= 15 is 0 Å². The molecule has 1 saturated heterocycles. The van der Waals surface area contributed by atoms with E-state index in [0.29, 0.717) is 5.56 Å². The van der Waals surface area contributed by atoms with Gasteiger partial charge in [-0.2, -0.15) is 16.9 Å². The molecule has 0 spiro atoms. The number of amides is 1. The van der Waals surface area contributed by atoms with Crippen molar-refractivity contribution >= 4 is 33.6 Å². The van der Waals surface area contributed by atoms with Crippen LogP contribution in [-0.4, -0.2) is 49.7 Å². The first-order chi connectivity index (χ1) is 12.2. The fourth-order valence-electron chi connectivity index (χ4n) is 2.93. The van der Waals surface area contributed by atoms with Gasteiger partial charge in [-0.1, -0.05) is 15.9 Å². The zero-order valence-corrected chi connectivity index (χ0v) is 15.9. The van der Waals surface area contributed by atoms with Gasteiger partial charge in [0, 0.05) is 41.5 Å². The molecule has 3 heterocycles. The first-order valence-electron chi connectivity index (χ1n) is 8.08. The third-order valence-electron chi connectivity index (χ3n) is 4.19. The summed E-state index contributed by atoms with van der Waals surface area (Å²) >= 11 is 5.35. The monoisotopic (exact) mass is 416 g/mol.